The van der Waals surface area contributed by atoms with Gasteiger partial charge in [-0.05, 0) is 26.3 Å². The van der Waals surface area contributed by atoms with Gasteiger partial charge in [0.1, 0.15) is 10.8 Å². The molecule has 5 nitrogen and oxygen atoms in total. The lowest BCUT2D eigenvalue weighted by molar-refractivity contribution is 0.0462. The lowest BCUT2D eigenvalue weighted by Crippen LogP contribution is -2.30. The van der Waals surface area contributed by atoms with Gasteiger partial charge >= 0.3 is 6.09 Å². The molecule has 0 aliphatic heterocycles. The lowest BCUT2D eigenvalue weighted by atomic mass is 10.1. The Kier molecular flexibility index (Phi) is 4.67. The van der Waals surface area contributed by atoms with Crippen LogP contribution in [0.1, 0.15) is 37.6 Å². The maximum atomic E-state index is 11.6. The van der Waals surface area contributed by atoms with Crippen molar-refractivity contribution < 1.29 is 14.3 Å². The number of aldehydes is 1. The molecule has 0 atom stereocenters. The Labute approximate surface area is 110 Å². The molecule has 1 heterocycles. The molecule has 1 rings (SSSR count). The highest BCUT2D eigenvalue weighted by molar-refractivity contribution is 6.29. The minimum atomic E-state index is -0.630. The molecule has 1 aromatic heterocycles. The molecule has 0 aliphatic rings. The number of ether oxygens (including phenoxy) is 1. The van der Waals surface area contributed by atoms with Crippen molar-refractivity contribution in [1.29, 1.82) is 0 Å². The van der Waals surface area contributed by atoms with E-state index in [0.29, 0.717) is 12.7 Å². The fourth-order valence-electron chi connectivity index (χ4n) is 1.10. The molecule has 0 saturated heterocycles. The van der Waals surface area contributed by atoms with Crippen molar-refractivity contribution in [1.82, 2.24) is 4.98 Å². The van der Waals surface area contributed by atoms with Gasteiger partial charge in [0.05, 0.1) is 11.9 Å². The summed E-state index contributed by atoms with van der Waals surface area (Å²) in [4.78, 5) is 26.2. The van der Waals surface area contributed by atoms with E-state index >= 15 is 0 Å². The fourth-order valence-corrected chi connectivity index (χ4v) is 1.27. The second kappa shape index (κ2) is 5.82. The Morgan fingerprint density at radius 2 is 2.28 bits per heavy atom. The third kappa shape index (κ3) is 4.00. The zero-order valence-corrected chi connectivity index (χ0v) is 11.2. The highest BCUT2D eigenvalue weighted by Gasteiger charge is 2.21. The predicted octanol–water partition coefficient (Wildman–Crippen LogP) is 3.28. The first-order valence-corrected chi connectivity index (χ1v) is 5.86. The molecular weight excluding hydrogens is 256 g/mol. The van der Waals surface area contributed by atoms with Crippen molar-refractivity contribution in [2.24, 2.45) is 0 Å². The summed E-state index contributed by atoms with van der Waals surface area (Å²) >= 11 is 5.65. The maximum Gasteiger partial charge on any atom is 0.412 e. The zero-order chi connectivity index (χ0) is 13.8. The van der Waals surface area contributed by atoms with Crippen molar-refractivity contribution in [3.05, 3.63) is 23.0 Å². The molecule has 0 aromatic carbocycles. The first-order valence-electron chi connectivity index (χ1n) is 5.48. The van der Waals surface area contributed by atoms with Gasteiger partial charge in [0.15, 0.2) is 6.29 Å². The zero-order valence-electron chi connectivity index (χ0n) is 10.5. The van der Waals surface area contributed by atoms with Crippen LogP contribution >= 0.6 is 11.6 Å². The third-order valence-electron chi connectivity index (χ3n) is 2.49. The van der Waals surface area contributed by atoms with Gasteiger partial charge in [-0.1, -0.05) is 18.5 Å². The van der Waals surface area contributed by atoms with Crippen LogP contribution in [-0.2, 0) is 4.74 Å². The lowest BCUT2D eigenvalue weighted by Gasteiger charge is -2.23. The summed E-state index contributed by atoms with van der Waals surface area (Å²) in [7, 11) is 0. The van der Waals surface area contributed by atoms with Crippen LogP contribution in [0.5, 0.6) is 0 Å². The minimum Gasteiger partial charge on any atom is -0.443 e. The van der Waals surface area contributed by atoms with E-state index in [0.717, 1.165) is 0 Å². The van der Waals surface area contributed by atoms with Gasteiger partial charge in [-0.2, -0.15) is 0 Å². The Balaban J connectivity index is 2.79. The van der Waals surface area contributed by atoms with E-state index in [4.69, 9.17) is 16.3 Å². The summed E-state index contributed by atoms with van der Waals surface area (Å²) in [6.45, 7) is 5.51. The molecule has 0 saturated carbocycles. The number of pyridine rings is 1. The van der Waals surface area contributed by atoms with Gasteiger partial charge in [-0.3, -0.25) is 10.1 Å². The minimum absolute atomic E-state index is 0.185. The van der Waals surface area contributed by atoms with Crippen LogP contribution in [0.4, 0.5) is 10.5 Å². The van der Waals surface area contributed by atoms with E-state index in [-0.39, 0.29) is 16.4 Å². The van der Waals surface area contributed by atoms with Crippen molar-refractivity contribution in [2.75, 3.05) is 5.32 Å². The Hall–Kier alpha value is -1.62. The molecule has 0 bridgehead atoms. The van der Waals surface area contributed by atoms with Crippen LogP contribution in [0.25, 0.3) is 0 Å². The van der Waals surface area contributed by atoms with Crippen molar-refractivity contribution in [3.8, 4) is 0 Å². The van der Waals surface area contributed by atoms with Crippen LogP contribution in [0, 0.1) is 0 Å². The normalized spacial score (nSPS) is 10.9. The fraction of sp³-hybridized carbons (Fsp3) is 0.417. The molecule has 0 fully saturated rings. The van der Waals surface area contributed by atoms with Crippen molar-refractivity contribution in [2.45, 2.75) is 32.8 Å². The average molecular weight is 271 g/mol. The van der Waals surface area contributed by atoms with Crippen LogP contribution in [0.3, 0.4) is 0 Å². The number of carbonyl (C=O) groups excluding carboxylic acids is 2. The summed E-state index contributed by atoms with van der Waals surface area (Å²) in [6.07, 6.45) is 1.95. The van der Waals surface area contributed by atoms with E-state index in [9.17, 15) is 9.59 Å². The maximum absolute atomic E-state index is 11.6. The van der Waals surface area contributed by atoms with E-state index in [2.05, 4.69) is 10.3 Å². The molecule has 98 valence electrons. The van der Waals surface area contributed by atoms with Crippen molar-refractivity contribution in [3.63, 3.8) is 0 Å². The van der Waals surface area contributed by atoms with Crippen LogP contribution < -0.4 is 5.32 Å². The van der Waals surface area contributed by atoms with Gasteiger partial charge in [-0.15, -0.1) is 0 Å². The molecule has 1 amide bonds. The molecule has 0 aliphatic carbocycles. The second-order valence-corrected chi connectivity index (χ2v) is 4.73. The van der Waals surface area contributed by atoms with Gasteiger partial charge in [0, 0.05) is 5.56 Å². The summed E-state index contributed by atoms with van der Waals surface area (Å²) in [6, 6.07) is 1.37. The molecule has 18 heavy (non-hydrogen) atoms. The monoisotopic (exact) mass is 270 g/mol. The number of hydrogen-bond acceptors (Lipinski definition) is 4. The number of halogens is 1. The molecular formula is C12H15ClN2O3. The van der Waals surface area contributed by atoms with E-state index in [1.807, 2.05) is 6.92 Å². The molecule has 1 aromatic rings. The first-order chi connectivity index (χ1) is 8.38. The van der Waals surface area contributed by atoms with Crippen LogP contribution in [0.2, 0.25) is 5.15 Å². The molecule has 0 unspecified atom stereocenters. The smallest absolute Gasteiger partial charge is 0.412 e. The SMILES string of the molecule is CCC(C)(C)OC(=O)Nc1cnc(Cl)cc1C=O. The third-order valence-corrected chi connectivity index (χ3v) is 2.69. The summed E-state index contributed by atoms with van der Waals surface area (Å²) in [5, 5.41) is 2.65. The number of hydrogen-bond donors (Lipinski definition) is 1. The first kappa shape index (κ1) is 14.4. The summed E-state index contributed by atoms with van der Waals surface area (Å²) in [5.41, 5.74) is -0.0433. The Morgan fingerprint density at radius 1 is 1.61 bits per heavy atom. The summed E-state index contributed by atoms with van der Waals surface area (Å²) < 4.78 is 5.19. The predicted molar refractivity (Wildman–Crippen MR) is 69.1 cm³/mol. The van der Waals surface area contributed by atoms with Gasteiger partial charge < -0.3 is 4.74 Å². The molecule has 0 radical (unpaired) electrons. The summed E-state index contributed by atoms with van der Waals surface area (Å²) in [5.74, 6) is 0. The standard InChI is InChI=1S/C12H15ClN2O3/c1-4-12(2,3)18-11(17)15-9-6-14-10(13)5-8(9)7-16/h5-7H,4H2,1-3H3,(H,15,17). The number of rotatable bonds is 4. The van der Waals surface area contributed by atoms with Gasteiger partial charge in [0.2, 0.25) is 0 Å². The Bertz CT molecular complexity index is 461. The van der Waals surface area contributed by atoms with E-state index < -0.39 is 11.7 Å². The second-order valence-electron chi connectivity index (χ2n) is 4.34. The topological polar surface area (TPSA) is 68.3 Å². The van der Waals surface area contributed by atoms with E-state index in [1.165, 1.54) is 12.3 Å². The number of nitrogens with one attached hydrogen (secondary N) is 1. The van der Waals surface area contributed by atoms with Gasteiger partial charge in [0.25, 0.3) is 0 Å². The number of amides is 1. The van der Waals surface area contributed by atoms with Gasteiger partial charge in [-0.25, -0.2) is 9.78 Å². The number of anilines is 1. The highest BCUT2D eigenvalue weighted by Crippen LogP contribution is 2.19. The number of nitrogens with zero attached hydrogens (tertiary/aromatic N) is 1. The molecule has 0 spiro atoms. The molecule has 6 heteroatoms. The van der Waals surface area contributed by atoms with Crippen LogP contribution in [0.15, 0.2) is 12.3 Å². The molecule has 1 N–H and O–H groups in total. The Morgan fingerprint density at radius 3 is 2.83 bits per heavy atom. The highest BCUT2D eigenvalue weighted by atomic mass is 35.5. The number of carbonyl (C=O) groups is 2. The van der Waals surface area contributed by atoms with E-state index in [1.54, 1.807) is 13.8 Å². The largest absolute Gasteiger partial charge is 0.443 e. The number of aromatic nitrogens is 1. The van der Waals surface area contributed by atoms with Crippen LogP contribution in [-0.4, -0.2) is 23.0 Å². The average Bonchev–Trinajstić information content (AvgIpc) is 2.30. The quantitative estimate of drug-likeness (QED) is 0.673. The van der Waals surface area contributed by atoms with Crippen molar-refractivity contribution >= 4 is 29.7 Å².